The van der Waals surface area contributed by atoms with Crippen molar-refractivity contribution in [1.29, 1.82) is 5.26 Å². The number of fused-ring (bicyclic) bond motifs is 2. The van der Waals surface area contributed by atoms with Crippen molar-refractivity contribution in [2.75, 3.05) is 24.5 Å². The van der Waals surface area contributed by atoms with Gasteiger partial charge >= 0.3 is 12.1 Å². The zero-order valence-corrected chi connectivity index (χ0v) is 17.1. The molecule has 0 N–H and O–H groups in total. The van der Waals surface area contributed by atoms with Crippen LogP contribution in [0.5, 0.6) is 0 Å². The Morgan fingerprint density at radius 3 is 2.47 bits per heavy atom. The van der Waals surface area contributed by atoms with Crippen LogP contribution in [0.2, 0.25) is 0 Å². The average Bonchev–Trinajstić information content (AvgIpc) is 2.96. The average molecular weight is 406 g/mol. The van der Waals surface area contributed by atoms with Crippen molar-refractivity contribution >= 4 is 34.5 Å². The Labute approximate surface area is 174 Å². The van der Waals surface area contributed by atoms with E-state index in [-0.39, 0.29) is 19.0 Å². The Morgan fingerprint density at radius 2 is 1.80 bits per heavy atom. The van der Waals surface area contributed by atoms with E-state index in [0.717, 1.165) is 4.90 Å². The molecule has 1 unspecified atom stereocenters. The number of benzene rings is 2. The number of rotatable bonds is 1. The van der Waals surface area contributed by atoms with Gasteiger partial charge in [-0.15, -0.1) is 0 Å². The van der Waals surface area contributed by atoms with Crippen LogP contribution >= 0.6 is 0 Å². The van der Waals surface area contributed by atoms with E-state index in [1.54, 1.807) is 51.1 Å². The molecule has 8 nitrogen and oxygen atoms in total. The van der Waals surface area contributed by atoms with E-state index in [9.17, 15) is 19.6 Å². The Bertz CT molecular complexity index is 1100. The molecule has 2 heterocycles. The summed E-state index contributed by atoms with van der Waals surface area (Å²) in [4.78, 5) is 42.9. The molecule has 2 saturated heterocycles. The highest BCUT2D eigenvalue weighted by molar-refractivity contribution is 6.24. The summed E-state index contributed by atoms with van der Waals surface area (Å²) in [6, 6.07) is 11.4. The summed E-state index contributed by atoms with van der Waals surface area (Å²) >= 11 is 0. The summed E-state index contributed by atoms with van der Waals surface area (Å²) in [7, 11) is 0. The number of amides is 4. The van der Waals surface area contributed by atoms with Crippen LogP contribution in [0.25, 0.3) is 10.8 Å². The normalized spacial score (nSPS) is 19.1. The number of hydrogen-bond donors (Lipinski definition) is 0. The summed E-state index contributed by atoms with van der Waals surface area (Å²) in [5, 5.41) is 10.7. The van der Waals surface area contributed by atoms with Crippen LogP contribution in [0, 0.1) is 11.3 Å². The minimum Gasteiger partial charge on any atom is -0.444 e. The molecule has 0 aliphatic carbocycles. The highest BCUT2D eigenvalue weighted by Gasteiger charge is 2.49. The second-order valence-electron chi connectivity index (χ2n) is 8.38. The Hall–Kier alpha value is -3.60. The van der Waals surface area contributed by atoms with Gasteiger partial charge in [0.15, 0.2) is 0 Å². The Kier molecular flexibility index (Phi) is 4.61. The first-order valence-corrected chi connectivity index (χ1v) is 9.75. The number of piperazine rings is 1. The number of urea groups is 1. The van der Waals surface area contributed by atoms with Gasteiger partial charge in [-0.25, -0.2) is 14.5 Å². The number of anilines is 1. The molecule has 0 spiro atoms. The lowest BCUT2D eigenvalue weighted by molar-refractivity contribution is -0.120. The minimum absolute atomic E-state index is 0.0875. The molecule has 30 heavy (non-hydrogen) atoms. The van der Waals surface area contributed by atoms with E-state index in [1.807, 2.05) is 6.07 Å². The lowest BCUT2D eigenvalue weighted by Crippen LogP contribution is -2.55. The second-order valence-corrected chi connectivity index (χ2v) is 8.38. The maximum Gasteiger partial charge on any atom is 0.410 e. The van der Waals surface area contributed by atoms with Gasteiger partial charge in [-0.2, -0.15) is 5.26 Å². The number of carbonyl (C=O) groups excluding carboxylic acids is 3. The quantitative estimate of drug-likeness (QED) is 0.679. The van der Waals surface area contributed by atoms with Gasteiger partial charge in [-0.3, -0.25) is 4.79 Å². The van der Waals surface area contributed by atoms with Gasteiger partial charge < -0.3 is 14.5 Å². The monoisotopic (exact) mass is 406 g/mol. The van der Waals surface area contributed by atoms with Crippen LogP contribution < -0.4 is 4.90 Å². The molecule has 2 aliphatic heterocycles. The molecule has 2 fully saturated rings. The molecule has 154 valence electrons. The lowest BCUT2D eigenvalue weighted by atomic mass is 10.0. The minimum atomic E-state index is -0.756. The number of nitriles is 1. The van der Waals surface area contributed by atoms with Gasteiger partial charge in [0, 0.05) is 23.9 Å². The molecule has 2 aromatic carbocycles. The highest BCUT2D eigenvalue weighted by Crippen LogP contribution is 2.34. The van der Waals surface area contributed by atoms with Crippen molar-refractivity contribution in [3.8, 4) is 6.07 Å². The van der Waals surface area contributed by atoms with Crippen LogP contribution in [0.15, 0.2) is 36.4 Å². The first kappa shape index (κ1) is 19.7. The van der Waals surface area contributed by atoms with E-state index < -0.39 is 23.8 Å². The van der Waals surface area contributed by atoms with Gasteiger partial charge in [0.25, 0.3) is 5.91 Å². The molecule has 0 radical (unpaired) electrons. The van der Waals surface area contributed by atoms with Crippen molar-refractivity contribution < 1.29 is 19.1 Å². The number of ether oxygens (including phenoxy) is 1. The van der Waals surface area contributed by atoms with Gasteiger partial charge in [0.1, 0.15) is 11.6 Å². The van der Waals surface area contributed by atoms with E-state index in [0.29, 0.717) is 28.6 Å². The summed E-state index contributed by atoms with van der Waals surface area (Å²) in [5.41, 5.74) is 0.275. The molecule has 8 heteroatoms. The van der Waals surface area contributed by atoms with Crippen molar-refractivity contribution in [1.82, 2.24) is 9.80 Å². The highest BCUT2D eigenvalue weighted by atomic mass is 16.6. The molecule has 0 bridgehead atoms. The van der Waals surface area contributed by atoms with E-state index in [1.165, 1.54) is 9.80 Å². The third-order valence-electron chi connectivity index (χ3n) is 5.24. The van der Waals surface area contributed by atoms with Gasteiger partial charge in [0.05, 0.1) is 23.9 Å². The summed E-state index contributed by atoms with van der Waals surface area (Å²) in [6.07, 6.45) is -0.496. The third-order valence-corrected chi connectivity index (χ3v) is 5.24. The van der Waals surface area contributed by atoms with E-state index >= 15 is 0 Å². The predicted octanol–water partition coefficient (Wildman–Crippen LogP) is 3.10. The molecule has 4 rings (SSSR count). The SMILES string of the molecule is CC(C)(C)OC(=O)N1CCN2C(=O)N(c3ccc(C#N)c4ccccc34)C(=O)C2C1. The Morgan fingerprint density at radius 1 is 1.10 bits per heavy atom. The zero-order chi connectivity index (χ0) is 21.6. The predicted molar refractivity (Wildman–Crippen MR) is 110 cm³/mol. The van der Waals surface area contributed by atoms with Crippen LogP contribution in [0.3, 0.4) is 0 Å². The fourth-order valence-corrected chi connectivity index (χ4v) is 3.88. The fourth-order valence-electron chi connectivity index (χ4n) is 3.88. The maximum absolute atomic E-state index is 13.2. The standard InChI is InChI=1S/C22H22N4O4/c1-22(2,3)30-21(29)24-10-11-25-18(13-24)19(27)26(20(25)28)17-9-8-14(12-23)15-6-4-5-7-16(15)17/h4-9,18H,10-11,13H2,1-3H3. The fraction of sp³-hybridized carbons (Fsp3) is 0.364. The van der Waals surface area contributed by atoms with Crippen LogP contribution in [0.1, 0.15) is 26.3 Å². The maximum atomic E-state index is 13.2. The number of carbonyl (C=O) groups is 3. The molecule has 0 saturated carbocycles. The number of hydrogen-bond acceptors (Lipinski definition) is 5. The van der Waals surface area contributed by atoms with Gasteiger partial charge in [-0.1, -0.05) is 24.3 Å². The smallest absolute Gasteiger partial charge is 0.410 e. The summed E-state index contributed by atoms with van der Waals surface area (Å²) in [6.45, 7) is 5.98. The van der Waals surface area contributed by atoms with Crippen molar-refractivity contribution in [3.63, 3.8) is 0 Å². The first-order chi connectivity index (χ1) is 14.2. The lowest BCUT2D eigenvalue weighted by Gasteiger charge is -2.36. The van der Waals surface area contributed by atoms with Crippen LogP contribution in [-0.2, 0) is 9.53 Å². The molecule has 1 atom stereocenters. The van der Waals surface area contributed by atoms with Crippen LogP contribution in [0.4, 0.5) is 15.3 Å². The van der Waals surface area contributed by atoms with Gasteiger partial charge in [0.2, 0.25) is 0 Å². The molecular weight excluding hydrogens is 384 g/mol. The van der Waals surface area contributed by atoms with E-state index in [2.05, 4.69) is 6.07 Å². The molecule has 4 amide bonds. The molecule has 2 aromatic rings. The summed E-state index contributed by atoms with van der Waals surface area (Å²) in [5.74, 6) is -0.386. The number of nitrogens with zero attached hydrogens (tertiary/aromatic N) is 4. The zero-order valence-electron chi connectivity index (χ0n) is 17.1. The Balaban J connectivity index is 1.66. The topological polar surface area (TPSA) is 93.9 Å². The largest absolute Gasteiger partial charge is 0.444 e. The van der Waals surface area contributed by atoms with Crippen molar-refractivity contribution in [3.05, 3.63) is 42.0 Å². The van der Waals surface area contributed by atoms with E-state index in [4.69, 9.17) is 4.74 Å². The molecule has 0 aromatic heterocycles. The van der Waals surface area contributed by atoms with Crippen LogP contribution in [-0.4, -0.2) is 59.1 Å². The van der Waals surface area contributed by atoms with Gasteiger partial charge in [-0.05, 0) is 32.9 Å². The second kappa shape index (κ2) is 7.02. The van der Waals surface area contributed by atoms with Crippen molar-refractivity contribution in [2.45, 2.75) is 32.4 Å². The first-order valence-electron chi connectivity index (χ1n) is 9.75. The molecular formula is C22H22N4O4. The number of imide groups is 1. The third kappa shape index (κ3) is 3.22. The summed E-state index contributed by atoms with van der Waals surface area (Å²) < 4.78 is 5.41. The molecule has 2 aliphatic rings. The van der Waals surface area contributed by atoms with Crippen molar-refractivity contribution in [2.24, 2.45) is 0 Å².